The lowest BCUT2D eigenvalue weighted by atomic mass is 9.89. The molecular weight excluding hydrogens is 438 g/mol. The van der Waals surface area contributed by atoms with Gasteiger partial charge in [-0.1, -0.05) is 6.92 Å². The molecule has 3 N–H and O–H groups in total. The molecule has 9 heteroatoms. The molecule has 2 aromatic heterocycles. The molecule has 0 radical (unpaired) electrons. The van der Waals surface area contributed by atoms with E-state index in [0.717, 1.165) is 42.6 Å². The fraction of sp³-hybridized carbons (Fsp3) is 0.583. The number of hydrogen-bond donors (Lipinski definition) is 3. The minimum absolute atomic E-state index is 0.143. The number of carbonyl (C=O) groups is 2. The van der Waals surface area contributed by atoms with Gasteiger partial charge in [0, 0.05) is 30.4 Å². The van der Waals surface area contributed by atoms with Gasteiger partial charge in [-0.15, -0.1) is 11.3 Å². The number of nitrogens with zero attached hydrogens (tertiary/aromatic N) is 3. The number of aryl methyl sites for hydroxylation is 1. The maximum Gasteiger partial charge on any atom is 0.280 e. The maximum atomic E-state index is 13.5. The maximum absolute atomic E-state index is 13.5. The molecule has 2 aliphatic rings. The predicted octanol–water partition coefficient (Wildman–Crippen LogP) is 3.60. The molecule has 0 bridgehead atoms. The zero-order chi connectivity index (χ0) is 23.7. The lowest BCUT2D eigenvalue weighted by molar-refractivity contribution is 0.0447. The minimum Gasteiger partial charge on any atom is -0.391 e. The van der Waals surface area contributed by atoms with Gasteiger partial charge in [0.25, 0.3) is 11.8 Å². The van der Waals surface area contributed by atoms with Gasteiger partial charge in [0.15, 0.2) is 5.01 Å². The van der Waals surface area contributed by atoms with Crippen molar-refractivity contribution in [2.75, 3.05) is 11.9 Å². The number of nitrogens with one attached hydrogen (secondary N) is 2. The standard InChI is InChI=1S/C24H33N5O3S/c1-5-14(3)26-19-11-13(2)16(12-25-19)21-20(24(32)29-10-6-7-15(29)4)28-23(33-21)22(31)27-17-8-9-18(17)30/h11-12,14-15,17-18,30H,5-10H2,1-4H3,(H,25,26)(H,27,31)/t14-,15+,17+,18+/m1/s1. The summed E-state index contributed by atoms with van der Waals surface area (Å²) in [5.41, 5.74) is 2.07. The average Bonchev–Trinajstić information content (AvgIpc) is 3.42. The summed E-state index contributed by atoms with van der Waals surface area (Å²) < 4.78 is 0. The second-order valence-corrected chi connectivity index (χ2v) is 10.2. The summed E-state index contributed by atoms with van der Waals surface area (Å²) in [6, 6.07) is 2.17. The third kappa shape index (κ3) is 4.89. The number of thiazole rings is 1. The fourth-order valence-electron chi connectivity index (χ4n) is 4.22. The number of aliphatic hydroxyl groups is 1. The number of carbonyl (C=O) groups excluding carboxylic acids is 2. The first-order valence-corrected chi connectivity index (χ1v) is 12.6. The molecule has 8 nitrogen and oxygen atoms in total. The number of anilines is 1. The molecule has 0 aromatic carbocycles. The molecule has 2 fully saturated rings. The van der Waals surface area contributed by atoms with Gasteiger partial charge in [0.1, 0.15) is 11.5 Å². The van der Waals surface area contributed by atoms with E-state index in [4.69, 9.17) is 0 Å². The quantitative estimate of drug-likeness (QED) is 0.570. The molecule has 4 rings (SSSR count). The van der Waals surface area contributed by atoms with Gasteiger partial charge < -0.3 is 20.6 Å². The van der Waals surface area contributed by atoms with Crippen molar-refractivity contribution in [3.8, 4) is 10.4 Å². The van der Waals surface area contributed by atoms with E-state index in [1.165, 1.54) is 11.3 Å². The molecule has 0 unspecified atom stereocenters. The van der Waals surface area contributed by atoms with Crippen molar-refractivity contribution in [3.63, 3.8) is 0 Å². The van der Waals surface area contributed by atoms with E-state index in [0.29, 0.717) is 29.6 Å². The van der Waals surface area contributed by atoms with Crippen LogP contribution in [0.1, 0.15) is 78.7 Å². The van der Waals surface area contributed by atoms with Crippen molar-refractivity contribution < 1.29 is 14.7 Å². The van der Waals surface area contributed by atoms with Crippen LogP contribution in [0.4, 0.5) is 5.82 Å². The van der Waals surface area contributed by atoms with Crippen molar-refractivity contribution >= 4 is 29.0 Å². The molecule has 1 saturated carbocycles. The predicted molar refractivity (Wildman–Crippen MR) is 130 cm³/mol. The van der Waals surface area contributed by atoms with Crippen molar-refractivity contribution in [2.24, 2.45) is 0 Å². The van der Waals surface area contributed by atoms with Crippen molar-refractivity contribution in [3.05, 3.63) is 28.5 Å². The topological polar surface area (TPSA) is 107 Å². The van der Waals surface area contributed by atoms with E-state index in [2.05, 4.69) is 34.4 Å². The summed E-state index contributed by atoms with van der Waals surface area (Å²) in [5.74, 6) is 0.294. The van der Waals surface area contributed by atoms with E-state index in [9.17, 15) is 14.7 Å². The number of aromatic nitrogens is 2. The van der Waals surface area contributed by atoms with Crippen LogP contribution >= 0.6 is 11.3 Å². The summed E-state index contributed by atoms with van der Waals surface area (Å²) in [4.78, 5) is 37.9. The second kappa shape index (κ2) is 9.77. The van der Waals surface area contributed by atoms with Gasteiger partial charge in [-0.2, -0.15) is 0 Å². The lowest BCUT2D eigenvalue weighted by Gasteiger charge is -2.32. The molecule has 0 spiro atoms. The first-order chi connectivity index (χ1) is 15.8. The third-order valence-electron chi connectivity index (χ3n) is 6.75. The molecular formula is C24H33N5O3S. The van der Waals surface area contributed by atoms with Crippen LogP contribution in [-0.2, 0) is 0 Å². The summed E-state index contributed by atoms with van der Waals surface area (Å²) in [7, 11) is 0. The highest BCUT2D eigenvalue weighted by molar-refractivity contribution is 7.17. The molecule has 1 aliphatic heterocycles. The zero-order valence-electron chi connectivity index (χ0n) is 19.7. The molecule has 3 heterocycles. The van der Waals surface area contributed by atoms with E-state index in [1.54, 1.807) is 6.20 Å². The van der Waals surface area contributed by atoms with E-state index in [1.807, 2.05) is 24.8 Å². The van der Waals surface area contributed by atoms with Crippen LogP contribution in [0, 0.1) is 6.92 Å². The Hall–Kier alpha value is -2.52. The van der Waals surface area contributed by atoms with Crippen LogP contribution in [0.2, 0.25) is 0 Å². The van der Waals surface area contributed by atoms with Crippen LogP contribution < -0.4 is 10.6 Å². The number of aliphatic hydroxyl groups excluding tert-OH is 1. The fourth-order valence-corrected chi connectivity index (χ4v) is 5.26. The summed E-state index contributed by atoms with van der Waals surface area (Å²) in [5, 5.41) is 16.3. The van der Waals surface area contributed by atoms with Gasteiger partial charge in [0.2, 0.25) is 0 Å². The Balaban J connectivity index is 1.68. The Morgan fingerprint density at radius 2 is 2.12 bits per heavy atom. The van der Waals surface area contributed by atoms with Crippen LogP contribution in [0.5, 0.6) is 0 Å². The highest BCUT2D eigenvalue weighted by Crippen LogP contribution is 2.35. The number of pyridine rings is 1. The van der Waals surface area contributed by atoms with E-state index < -0.39 is 6.10 Å². The van der Waals surface area contributed by atoms with E-state index >= 15 is 0 Å². The Bertz CT molecular complexity index is 1040. The highest BCUT2D eigenvalue weighted by Gasteiger charge is 2.34. The monoisotopic (exact) mass is 471 g/mol. The summed E-state index contributed by atoms with van der Waals surface area (Å²) in [6.45, 7) is 8.94. The molecule has 2 amide bonds. The molecule has 1 saturated heterocycles. The number of rotatable bonds is 7. The summed E-state index contributed by atoms with van der Waals surface area (Å²) >= 11 is 1.21. The SMILES string of the molecule is CC[C@@H](C)Nc1cc(C)c(-c2sc(C(=O)N[C@H]3CC[C@@H]3O)nc2C(=O)N2CCC[C@@H]2C)cn1. The second-order valence-electron chi connectivity index (χ2n) is 9.25. The Labute approximate surface area is 198 Å². The number of likely N-dealkylation sites (tertiary alicyclic amines) is 1. The van der Waals surface area contributed by atoms with Crippen LogP contribution in [0.3, 0.4) is 0 Å². The van der Waals surface area contributed by atoms with E-state index in [-0.39, 0.29) is 28.9 Å². The van der Waals surface area contributed by atoms with Crippen molar-refractivity contribution in [1.29, 1.82) is 0 Å². The summed E-state index contributed by atoms with van der Waals surface area (Å²) in [6.07, 6.45) is 5.59. The van der Waals surface area contributed by atoms with Gasteiger partial charge in [-0.05, 0) is 64.5 Å². The molecule has 1 aliphatic carbocycles. The van der Waals surface area contributed by atoms with Gasteiger partial charge in [0.05, 0.1) is 17.0 Å². The first-order valence-electron chi connectivity index (χ1n) is 11.8. The van der Waals surface area contributed by atoms with Crippen molar-refractivity contribution in [1.82, 2.24) is 20.2 Å². The third-order valence-corrected chi connectivity index (χ3v) is 7.84. The highest BCUT2D eigenvalue weighted by atomic mass is 32.1. The smallest absolute Gasteiger partial charge is 0.280 e. The Morgan fingerprint density at radius 3 is 2.70 bits per heavy atom. The molecule has 2 aromatic rings. The largest absolute Gasteiger partial charge is 0.391 e. The van der Waals surface area contributed by atoms with Gasteiger partial charge in [-0.3, -0.25) is 9.59 Å². The normalized spacial score (nSPS) is 23.2. The molecule has 178 valence electrons. The van der Waals surface area contributed by atoms with Crippen LogP contribution in [-0.4, -0.2) is 62.6 Å². The Kier molecular flexibility index (Phi) is 6.99. The van der Waals surface area contributed by atoms with Crippen LogP contribution in [0.25, 0.3) is 10.4 Å². The number of amides is 2. The molecule has 33 heavy (non-hydrogen) atoms. The number of hydrogen-bond acceptors (Lipinski definition) is 7. The van der Waals surface area contributed by atoms with Crippen LogP contribution in [0.15, 0.2) is 12.3 Å². The zero-order valence-corrected chi connectivity index (χ0v) is 20.5. The van der Waals surface area contributed by atoms with Gasteiger partial charge >= 0.3 is 0 Å². The first kappa shape index (κ1) is 23.6. The average molecular weight is 472 g/mol. The van der Waals surface area contributed by atoms with Gasteiger partial charge in [-0.25, -0.2) is 9.97 Å². The molecule has 4 atom stereocenters. The van der Waals surface area contributed by atoms with Crippen molar-refractivity contribution in [2.45, 2.75) is 84.0 Å². The lowest BCUT2D eigenvalue weighted by Crippen LogP contribution is -2.50. The minimum atomic E-state index is -0.517. The Morgan fingerprint density at radius 1 is 1.33 bits per heavy atom.